The Labute approximate surface area is 115 Å². The lowest BCUT2D eigenvalue weighted by Gasteiger charge is -2.13. The van der Waals surface area contributed by atoms with E-state index in [4.69, 9.17) is 11.6 Å². The summed E-state index contributed by atoms with van der Waals surface area (Å²) in [5.41, 5.74) is 2.40. The van der Waals surface area contributed by atoms with Crippen LogP contribution in [-0.4, -0.2) is 31.9 Å². The van der Waals surface area contributed by atoms with Gasteiger partial charge >= 0.3 is 0 Å². The van der Waals surface area contributed by atoms with Gasteiger partial charge in [0.1, 0.15) is 17.7 Å². The van der Waals surface area contributed by atoms with Crippen LogP contribution in [0.2, 0.25) is 5.15 Å². The first-order valence-corrected chi connectivity index (χ1v) is 6.42. The Morgan fingerprint density at radius 1 is 1.42 bits per heavy atom. The number of nitrogens with one attached hydrogen (secondary N) is 1. The SMILES string of the molecule is CCn1c(C2=CNC(C)=NC2)nc2c(Cl)ncnc21. The number of fused-ring (bicyclic) bond motifs is 1. The third kappa shape index (κ3) is 1.98. The van der Waals surface area contributed by atoms with Crippen LogP contribution < -0.4 is 5.32 Å². The highest BCUT2D eigenvalue weighted by Crippen LogP contribution is 2.24. The van der Waals surface area contributed by atoms with Gasteiger partial charge in [-0.15, -0.1) is 0 Å². The van der Waals surface area contributed by atoms with Crippen LogP contribution in [-0.2, 0) is 6.54 Å². The Bertz CT molecular complexity index is 700. The zero-order valence-corrected chi connectivity index (χ0v) is 11.4. The fourth-order valence-corrected chi connectivity index (χ4v) is 2.25. The average molecular weight is 277 g/mol. The highest BCUT2D eigenvalue weighted by Gasteiger charge is 2.18. The van der Waals surface area contributed by atoms with Crippen molar-refractivity contribution in [3.05, 3.63) is 23.5 Å². The molecule has 98 valence electrons. The van der Waals surface area contributed by atoms with Gasteiger partial charge in [-0.1, -0.05) is 11.6 Å². The Morgan fingerprint density at radius 2 is 2.26 bits per heavy atom. The van der Waals surface area contributed by atoms with E-state index in [0.717, 1.165) is 29.4 Å². The maximum absolute atomic E-state index is 6.07. The van der Waals surface area contributed by atoms with Gasteiger partial charge in [0, 0.05) is 18.3 Å². The zero-order valence-electron chi connectivity index (χ0n) is 10.7. The lowest BCUT2D eigenvalue weighted by atomic mass is 10.2. The molecule has 0 atom stereocenters. The van der Waals surface area contributed by atoms with Crippen molar-refractivity contribution in [1.29, 1.82) is 0 Å². The van der Waals surface area contributed by atoms with Crippen LogP contribution in [0.4, 0.5) is 0 Å². The maximum atomic E-state index is 6.07. The van der Waals surface area contributed by atoms with Crippen LogP contribution in [0, 0.1) is 0 Å². The van der Waals surface area contributed by atoms with E-state index in [1.54, 1.807) is 0 Å². The maximum Gasteiger partial charge on any atom is 0.165 e. The second-order valence-electron chi connectivity index (χ2n) is 4.23. The number of rotatable bonds is 2. The molecule has 0 fully saturated rings. The van der Waals surface area contributed by atoms with Gasteiger partial charge in [0.15, 0.2) is 10.8 Å². The fourth-order valence-electron chi connectivity index (χ4n) is 2.08. The number of hydrogen-bond donors (Lipinski definition) is 1. The lowest BCUT2D eigenvalue weighted by Crippen LogP contribution is -2.20. The molecule has 0 unspecified atom stereocenters. The molecule has 2 aromatic heterocycles. The van der Waals surface area contributed by atoms with Crippen LogP contribution in [0.25, 0.3) is 16.7 Å². The summed E-state index contributed by atoms with van der Waals surface area (Å²) in [6.07, 6.45) is 3.38. The molecule has 0 aliphatic carbocycles. The van der Waals surface area contributed by atoms with Crippen molar-refractivity contribution >= 4 is 34.2 Å². The monoisotopic (exact) mass is 276 g/mol. The van der Waals surface area contributed by atoms with Crippen molar-refractivity contribution in [2.24, 2.45) is 4.99 Å². The highest BCUT2D eigenvalue weighted by atomic mass is 35.5. The van der Waals surface area contributed by atoms with Crippen LogP contribution in [0.5, 0.6) is 0 Å². The molecule has 3 rings (SSSR count). The summed E-state index contributed by atoms with van der Waals surface area (Å²) < 4.78 is 2.02. The molecule has 6 nitrogen and oxygen atoms in total. The predicted molar refractivity (Wildman–Crippen MR) is 75.1 cm³/mol. The normalized spacial score (nSPS) is 15.1. The van der Waals surface area contributed by atoms with Crippen LogP contribution in [0.15, 0.2) is 17.5 Å². The van der Waals surface area contributed by atoms with Gasteiger partial charge in [-0.05, 0) is 13.8 Å². The van der Waals surface area contributed by atoms with E-state index in [9.17, 15) is 0 Å². The summed E-state index contributed by atoms with van der Waals surface area (Å²) in [6.45, 7) is 5.34. The summed E-state index contributed by atoms with van der Waals surface area (Å²) in [6, 6.07) is 0. The topological polar surface area (TPSA) is 68.0 Å². The predicted octanol–water partition coefficient (Wildman–Crippen LogP) is 1.86. The Morgan fingerprint density at radius 3 is 2.95 bits per heavy atom. The third-order valence-corrected chi connectivity index (χ3v) is 3.31. The number of hydrogen-bond acceptors (Lipinski definition) is 5. The van der Waals surface area contributed by atoms with Gasteiger partial charge in [-0.2, -0.15) is 0 Å². The number of nitrogens with zero attached hydrogens (tertiary/aromatic N) is 5. The first-order chi connectivity index (χ1) is 9.20. The minimum absolute atomic E-state index is 0.377. The highest BCUT2D eigenvalue weighted by molar-refractivity contribution is 6.33. The summed E-state index contributed by atoms with van der Waals surface area (Å²) in [4.78, 5) is 17.2. The number of aliphatic imine (C=N–C) groups is 1. The summed E-state index contributed by atoms with van der Waals surface area (Å²) >= 11 is 6.07. The van der Waals surface area contributed by atoms with Crippen molar-refractivity contribution < 1.29 is 0 Å². The van der Waals surface area contributed by atoms with Gasteiger partial charge in [-0.3, -0.25) is 4.99 Å². The van der Waals surface area contributed by atoms with E-state index in [1.807, 2.05) is 24.6 Å². The Balaban J connectivity index is 2.16. The van der Waals surface area contributed by atoms with Gasteiger partial charge in [0.05, 0.1) is 12.4 Å². The molecule has 7 heteroatoms. The summed E-state index contributed by atoms with van der Waals surface area (Å²) in [7, 11) is 0. The Kier molecular flexibility index (Phi) is 2.94. The summed E-state index contributed by atoms with van der Waals surface area (Å²) in [5, 5.41) is 3.48. The second-order valence-corrected chi connectivity index (χ2v) is 4.59. The van der Waals surface area contributed by atoms with Gasteiger partial charge in [0.25, 0.3) is 0 Å². The van der Waals surface area contributed by atoms with Gasteiger partial charge < -0.3 is 9.88 Å². The molecular weight excluding hydrogens is 264 g/mol. The number of imidazole rings is 1. The minimum Gasteiger partial charge on any atom is -0.350 e. The zero-order chi connectivity index (χ0) is 13.4. The number of halogens is 1. The van der Waals surface area contributed by atoms with Crippen LogP contribution >= 0.6 is 11.6 Å². The molecule has 1 aliphatic rings. The quantitative estimate of drug-likeness (QED) is 0.850. The largest absolute Gasteiger partial charge is 0.350 e. The molecular formula is C12H13ClN6. The van der Waals surface area contributed by atoms with E-state index in [0.29, 0.717) is 17.2 Å². The second kappa shape index (κ2) is 4.62. The fraction of sp³-hybridized carbons (Fsp3) is 0.333. The van der Waals surface area contributed by atoms with Crippen molar-refractivity contribution in [1.82, 2.24) is 24.8 Å². The molecule has 0 spiro atoms. The molecule has 0 aromatic carbocycles. The molecule has 19 heavy (non-hydrogen) atoms. The van der Waals surface area contributed by atoms with Gasteiger partial charge in [0.2, 0.25) is 0 Å². The first kappa shape index (κ1) is 12.1. The standard InChI is InChI=1S/C12H13ClN6/c1-3-19-11(8-4-14-7(2)15-5-8)18-9-10(13)16-6-17-12(9)19/h4,6H,3,5H2,1-2H3,(H,14,15). The molecule has 1 N–H and O–H groups in total. The van der Waals surface area contributed by atoms with E-state index in [1.165, 1.54) is 6.33 Å². The lowest BCUT2D eigenvalue weighted by molar-refractivity contribution is 0.760. The van der Waals surface area contributed by atoms with Crippen molar-refractivity contribution in [3.63, 3.8) is 0 Å². The van der Waals surface area contributed by atoms with Crippen molar-refractivity contribution in [2.45, 2.75) is 20.4 Å². The Hall–Kier alpha value is -1.95. The average Bonchev–Trinajstić information content (AvgIpc) is 2.79. The molecule has 3 heterocycles. The molecule has 1 aliphatic heterocycles. The molecule has 0 amide bonds. The summed E-state index contributed by atoms with van der Waals surface area (Å²) in [5.74, 6) is 1.74. The van der Waals surface area contributed by atoms with Crippen molar-refractivity contribution in [2.75, 3.05) is 6.54 Å². The number of aromatic nitrogens is 4. The van der Waals surface area contributed by atoms with E-state index in [-0.39, 0.29) is 0 Å². The molecule has 0 bridgehead atoms. The molecule has 2 aromatic rings. The van der Waals surface area contributed by atoms with Crippen molar-refractivity contribution in [3.8, 4) is 0 Å². The minimum atomic E-state index is 0.377. The van der Waals surface area contributed by atoms with Crippen LogP contribution in [0.3, 0.4) is 0 Å². The molecule has 0 saturated heterocycles. The van der Waals surface area contributed by atoms with Gasteiger partial charge in [-0.25, -0.2) is 15.0 Å². The van der Waals surface area contributed by atoms with E-state index in [2.05, 4.69) is 25.3 Å². The van der Waals surface area contributed by atoms with Crippen LogP contribution in [0.1, 0.15) is 19.7 Å². The molecule has 0 saturated carbocycles. The number of aryl methyl sites for hydroxylation is 1. The van der Waals surface area contributed by atoms with E-state index >= 15 is 0 Å². The third-order valence-electron chi connectivity index (χ3n) is 3.03. The smallest absolute Gasteiger partial charge is 0.165 e. The van der Waals surface area contributed by atoms with E-state index < -0.39 is 0 Å². The molecule has 0 radical (unpaired) electrons. The number of amidine groups is 1. The first-order valence-electron chi connectivity index (χ1n) is 6.04.